The Balaban J connectivity index is 2.49. The van der Waals surface area contributed by atoms with Gasteiger partial charge in [0.2, 0.25) is 0 Å². The highest BCUT2D eigenvalue weighted by Gasteiger charge is 2.52. The van der Waals surface area contributed by atoms with Gasteiger partial charge in [-0.3, -0.25) is 0 Å². The van der Waals surface area contributed by atoms with Gasteiger partial charge in [-0.05, 0) is 38.1 Å². The highest BCUT2D eigenvalue weighted by Crippen LogP contribution is 2.35. The van der Waals surface area contributed by atoms with Gasteiger partial charge < -0.3 is 19.7 Å². The number of hydrogen-bond acceptors (Lipinski definition) is 6. The Bertz CT molecular complexity index is 479. The van der Waals surface area contributed by atoms with Crippen molar-refractivity contribution in [2.24, 2.45) is 5.41 Å². The predicted molar refractivity (Wildman–Crippen MR) is 63.1 cm³/mol. The molecule has 3 rings (SSSR count). The van der Waals surface area contributed by atoms with Gasteiger partial charge in [0, 0.05) is 0 Å². The highest BCUT2D eigenvalue weighted by molar-refractivity contribution is 5.94. The first kappa shape index (κ1) is 13.5. The van der Waals surface area contributed by atoms with Gasteiger partial charge in [0.1, 0.15) is 0 Å². The number of carbonyl (C=O) groups excluding carboxylic acids is 2. The van der Waals surface area contributed by atoms with Gasteiger partial charge in [0.05, 0.1) is 23.1 Å². The van der Waals surface area contributed by atoms with E-state index in [1.165, 1.54) is 38.1 Å². The molecule has 2 N–H and O–H groups in total. The number of fused-ring (bicyclic) bond motifs is 6. The molecule has 1 aromatic rings. The van der Waals surface area contributed by atoms with E-state index in [9.17, 15) is 19.8 Å². The molecule has 0 unspecified atom stereocenters. The molecule has 0 saturated heterocycles. The Labute approximate surface area is 109 Å². The minimum absolute atomic E-state index is 0.175. The zero-order valence-electron chi connectivity index (χ0n) is 10.5. The second-order valence-corrected chi connectivity index (χ2v) is 4.98. The van der Waals surface area contributed by atoms with Crippen LogP contribution in [0.4, 0.5) is 0 Å². The lowest BCUT2D eigenvalue weighted by Gasteiger charge is -2.37. The summed E-state index contributed by atoms with van der Waals surface area (Å²) in [7, 11) is 0. The van der Waals surface area contributed by atoms with Crippen molar-refractivity contribution in [3.63, 3.8) is 0 Å². The fraction of sp³-hybridized carbons (Fsp3) is 0.385. The first-order valence-corrected chi connectivity index (χ1v) is 5.69. The minimum Gasteiger partial charge on any atom is -0.395 e. The van der Waals surface area contributed by atoms with E-state index < -0.39 is 29.9 Å². The quantitative estimate of drug-likeness (QED) is 0.764. The third-order valence-electron chi connectivity index (χ3n) is 3.07. The van der Waals surface area contributed by atoms with E-state index in [0.717, 1.165) is 0 Å². The van der Waals surface area contributed by atoms with Crippen molar-refractivity contribution in [1.29, 1.82) is 0 Å². The maximum atomic E-state index is 11.9. The van der Waals surface area contributed by atoms with Gasteiger partial charge in [-0.25, -0.2) is 9.59 Å². The number of aliphatic hydroxyl groups is 2. The number of carbonyl (C=O) groups is 2. The van der Waals surface area contributed by atoms with Gasteiger partial charge in [-0.15, -0.1) is 0 Å². The molecule has 19 heavy (non-hydrogen) atoms. The summed E-state index contributed by atoms with van der Waals surface area (Å²) >= 11 is 0. The van der Waals surface area contributed by atoms with E-state index in [4.69, 9.17) is 9.47 Å². The first-order valence-electron chi connectivity index (χ1n) is 5.69. The molecule has 0 aliphatic carbocycles. The largest absolute Gasteiger partial charge is 0.395 e. The van der Waals surface area contributed by atoms with Gasteiger partial charge in [-0.2, -0.15) is 0 Å². The monoisotopic (exact) mass is 266 g/mol. The summed E-state index contributed by atoms with van der Waals surface area (Å²) in [6.45, 7) is 2.27. The summed E-state index contributed by atoms with van der Waals surface area (Å²) in [6, 6.07) is 5.60. The topological polar surface area (TPSA) is 93.1 Å². The van der Waals surface area contributed by atoms with Crippen molar-refractivity contribution in [2.45, 2.75) is 19.8 Å². The number of aliphatic hydroxyl groups excluding tert-OH is 1. The lowest BCUT2D eigenvalue weighted by molar-refractivity contribution is -0.362. The first-order chi connectivity index (χ1) is 8.79. The van der Waals surface area contributed by atoms with Crippen LogP contribution in [0.25, 0.3) is 0 Å². The van der Waals surface area contributed by atoms with Crippen molar-refractivity contribution >= 4 is 11.9 Å². The highest BCUT2D eigenvalue weighted by atomic mass is 16.8. The molecule has 0 amide bonds. The summed E-state index contributed by atoms with van der Waals surface area (Å²) in [5.41, 5.74) is -1.02. The Hall–Kier alpha value is -1.92. The number of hydrogen-bond donors (Lipinski definition) is 2. The molecular formula is C13H14O6. The average molecular weight is 266 g/mol. The fourth-order valence-electron chi connectivity index (χ4n) is 1.51. The zero-order valence-corrected chi connectivity index (χ0v) is 10.5. The van der Waals surface area contributed by atoms with Crippen molar-refractivity contribution in [3.8, 4) is 0 Å². The van der Waals surface area contributed by atoms with Gasteiger partial charge in [-0.1, -0.05) is 0 Å². The normalized spacial score (nSPS) is 18.1. The van der Waals surface area contributed by atoms with Crippen LogP contribution in [0.15, 0.2) is 24.3 Å². The van der Waals surface area contributed by atoms with Crippen LogP contribution in [0.2, 0.25) is 0 Å². The number of rotatable bonds is 2. The molecule has 0 aromatic heterocycles. The Morgan fingerprint density at radius 1 is 1.05 bits per heavy atom. The molecule has 0 radical (unpaired) electrons. The van der Waals surface area contributed by atoms with Crippen molar-refractivity contribution in [3.05, 3.63) is 35.4 Å². The van der Waals surface area contributed by atoms with Crippen LogP contribution in [0, 0.1) is 5.41 Å². The maximum absolute atomic E-state index is 11.9. The van der Waals surface area contributed by atoms with Gasteiger partial charge >= 0.3 is 17.9 Å². The number of esters is 2. The molecule has 0 atom stereocenters. The predicted octanol–water partition coefficient (Wildman–Crippen LogP) is 0.678. The summed E-state index contributed by atoms with van der Waals surface area (Å²) in [6.07, 6.45) is 0. The van der Waals surface area contributed by atoms with Gasteiger partial charge in [0.15, 0.2) is 0 Å². The second-order valence-electron chi connectivity index (χ2n) is 4.98. The molecule has 6 nitrogen and oxygen atoms in total. The van der Waals surface area contributed by atoms with Crippen LogP contribution in [-0.2, 0) is 9.47 Å². The Kier molecular flexibility index (Phi) is 3.07. The van der Waals surface area contributed by atoms with E-state index in [1.807, 2.05) is 0 Å². The van der Waals surface area contributed by atoms with E-state index >= 15 is 0 Å². The number of benzene rings is 1. The van der Waals surface area contributed by atoms with Crippen LogP contribution in [0.3, 0.4) is 0 Å². The van der Waals surface area contributed by atoms with Crippen molar-refractivity contribution in [1.82, 2.24) is 0 Å². The molecule has 6 heteroatoms. The smallest absolute Gasteiger partial charge is 0.381 e. The van der Waals surface area contributed by atoms with Crippen LogP contribution in [0.1, 0.15) is 34.6 Å². The lowest BCUT2D eigenvalue weighted by Crippen LogP contribution is -2.53. The molecule has 1 aromatic carbocycles. The van der Waals surface area contributed by atoms with E-state index in [2.05, 4.69) is 0 Å². The van der Waals surface area contributed by atoms with Crippen molar-refractivity contribution < 1.29 is 29.3 Å². The molecule has 2 bridgehead atoms. The zero-order chi connectivity index (χ0) is 14.3. The number of ether oxygens (including phenoxy) is 2. The second kappa shape index (κ2) is 4.32. The molecule has 0 fully saturated rings. The third-order valence-corrected chi connectivity index (χ3v) is 3.07. The van der Waals surface area contributed by atoms with Gasteiger partial charge in [0.25, 0.3) is 0 Å². The lowest BCUT2D eigenvalue weighted by atomic mass is 9.91. The fourth-order valence-corrected chi connectivity index (χ4v) is 1.51. The molecule has 2 heterocycles. The summed E-state index contributed by atoms with van der Waals surface area (Å²) in [5, 5.41) is 19.6. The molecule has 2 aliphatic rings. The van der Waals surface area contributed by atoms with E-state index in [0.29, 0.717) is 0 Å². The SMILES string of the molecule is CC(C)(CO)C1(O)OC(=O)c2ccc(cc2)C(=O)O1. The maximum Gasteiger partial charge on any atom is 0.381 e. The molecule has 0 spiro atoms. The van der Waals surface area contributed by atoms with Crippen LogP contribution in [-0.4, -0.2) is 34.7 Å². The molecular weight excluding hydrogens is 252 g/mol. The summed E-state index contributed by atoms with van der Waals surface area (Å²) in [5.74, 6) is -4.22. The van der Waals surface area contributed by atoms with Crippen LogP contribution in [0.5, 0.6) is 0 Å². The molecule has 0 saturated carbocycles. The Morgan fingerprint density at radius 2 is 1.42 bits per heavy atom. The standard InChI is InChI=1S/C13H14O6/c1-12(2,7-14)13(17)18-10(15)8-3-4-9(6-5-8)11(16)19-13/h3-6,14,17H,7H2,1-2H3. The van der Waals surface area contributed by atoms with E-state index in [-0.39, 0.29) is 11.1 Å². The average Bonchev–Trinajstić information content (AvgIpc) is 2.44. The third kappa shape index (κ3) is 2.20. The molecule has 2 aliphatic heterocycles. The van der Waals surface area contributed by atoms with Crippen LogP contribution < -0.4 is 0 Å². The summed E-state index contributed by atoms with van der Waals surface area (Å²) < 4.78 is 9.75. The van der Waals surface area contributed by atoms with E-state index in [1.54, 1.807) is 0 Å². The van der Waals surface area contributed by atoms with Crippen molar-refractivity contribution in [2.75, 3.05) is 6.61 Å². The minimum atomic E-state index is -2.54. The summed E-state index contributed by atoms with van der Waals surface area (Å²) in [4.78, 5) is 23.7. The van der Waals surface area contributed by atoms with Crippen LogP contribution >= 0.6 is 0 Å². The molecule has 102 valence electrons. The Morgan fingerprint density at radius 3 is 1.74 bits per heavy atom.